The highest BCUT2D eigenvalue weighted by molar-refractivity contribution is 14.0. The van der Waals surface area contributed by atoms with Crippen LogP contribution in [0.5, 0.6) is 0 Å². The summed E-state index contributed by atoms with van der Waals surface area (Å²) in [6, 6.07) is 10.3. The molecule has 1 aromatic carbocycles. The molecule has 0 saturated carbocycles. The monoisotopic (exact) mass is 465 g/mol. The SMILES string of the molecule is CN=C(NCCCCOCc1ccccc1)NCCCCSC.I. The number of benzene rings is 1. The lowest BCUT2D eigenvalue weighted by atomic mass is 10.2. The number of thioether (sulfide) groups is 1. The molecule has 0 bridgehead atoms. The van der Waals surface area contributed by atoms with Crippen LogP contribution in [0.2, 0.25) is 0 Å². The molecule has 0 radical (unpaired) electrons. The van der Waals surface area contributed by atoms with Crippen molar-refractivity contribution in [3.8, 4) is 0 Å². The van der Waals surface area contributed by atoms with Crippen LogP contribution < -0.4 is 10.6 Å². The maximum Gasteiger partial charge on any atom is 0.190 e. The molecular weight excluding hydrogens is 433 g/mol. The highest BCUT2D eigenvalue weighted by Gasteiger charge is 1.97. The van der Waals surface area contributed by atoms with E-state index in [1.165, 1.54) is 24.2 Å². The van der Waals surface area contributed by atoms with Crippen LogP contribution in [-0.4, -0.2) is 44.7 Å². The quantitative estimate of drug-likeness (QED) is 0.213. The Morgan fingerprint density at radius 2 is 1.71 bits per heavy atom. The number of halogens is 1. The largest absolute Gasteiger partial charge is 0.377 e. The van der Waals surface area contributed by atoms with Crippen molar-refractivity contribution in [1.82, 2.24) is 10.6 Å². The van der Waals surface area contributed by atoms with Gasteiger partial charge in [-0.2, -0.15) is 11.8 Å². The Bertz CT molecular complexity index is 418. The molecule has 138 valence electrons. The van der Waals surface area contributed by atoms with E-state index in [0.29, 0.717) is 6.61 Å². The van der Waals surface area contributed by atoms with Crippen molar-refractivity contribution in [2.75, 3.05) is 38.8 Å². The minimum Gasteiger partial charge on any atom is -0.377 e. The Morgan fingerprint density at radius 3 is 2.33 bits per heavy atom. The predicted octanol–water partition coefficient (Wildman–Crippen LogP) is 3.91. The molecule has 0 fully saturated rings. The maximum atomic E-state index is 5.68. The number of hydrogen-bond acceptors (Lipinski definition) is 3. The summed E-state index contributed by atoms with van der Waals surface area (Å²) in [7, 11) is 1.82. The first-order valence-corrected chi connectivity index (χ1v) is 9.81. The van der Waals surface area contributed by atoms with Crippen molar-refractivity contribution >= 4 is 41.7 Å². The van der Waals surface area contributed by atoms with Gasteiger partial charge in [-0.15, -0.1) is 24.0 Å². The van der Waals surface area contributed by atoms with Gasteiger partial charge in [0.2, 0.25) is 0 Å². The number of ether oxygens (including phenoxy) is 1. The van der Waals surface area contributed by atoms with E-state index in [-0.39, 0.29) is 24.0 Å². The van der Waals surface area contributed by atoms with E-state index in [2.05, 4.69) is 34.0 Å². The van der Waals surface area contributed by atoms with Crippen molar-refractivity contribution in [3.63, 3.8) is 0 Å². The lowest BCUT2D eigenvalue weighted by Crippen LogP contribution is -2.38. The van der Waals surface area contributed by atoms with Gasteiger partial charge >= 0.3 is 0 Å². The van der Waals surface area contributed by atoms with Crippen LogP contribution in [0, 0.1) is 0 Å². The molecule has 1 aromatic rings. The van der Waals surface area contributed by atoms with Crippen LogP contribution in [0.1, 0.15) is 31.2 Å². The Kier molecular flexibility index (Phi) is 17.0. The van der Waals surface area contributed by atoms with Crippen molar-refractivity contribution < 1.29 is 4.74 Å². The second kappa shape index (κ2) is 17.4. The second-order valence-corrected chi connectivity index (χ2v) is 6.36. The van der Waals surface area contributed by atoms with Crippen LogP contribution in [0.4, 0.5) is 0 Å². The summed E-state index contributed by atoms with van der Waals surface area (Å²) >= 11 is 1.90. The Hall–Kier alpha value is -0.470. The van der Waals surface area contributed by atoms with E-state index in [0.717, 1.165) is 38.5 Å². The van der Waals surface area contributed by atoms with Gasteiger partial charge in [-0.25, -0.2) is 0 Å². The zero-order chi connectivity index (χ0) is 16.6. The van der Waals surface area contributed by atoms with E-state index in [1.54, 1.807) is 0 Å². The Balaban J connectivity index is 0.00000529. The molecule has 6 heteroatoms. The van der Waals surface area contributed by atoms with Gasteiger partial charge in [0.15, 0.2) is 5.96 Å². The van der Waals surface area contributed by atoms with Gasteiger partial charge in [0.05, 0.1) is 6.61 Å². The summed E-state index contributed by atoms with van der Waals surface area (Å²) < 4.78 is 5.68. The van der Waals surface area contributed by atoms with Crippen LogP contribution >= 0.6 is 35.7 Å². The van der Waals surface area contributed by atoms with Crippen molar-refractivity contribution in [2.45, 2.75) is 32.3 Å². The van der Waals surface area contributed by atoms with Crippen LogP contribution in [0.25, 0.3) is 0 Å². The van der Waals surface area contributed by atoms with Crippen LogP contribution in [-0.2, 0) is 11.3 Å². The third-order valence-corrected chi connectivity index (χ3v) is 4.11. The molecule has 0 unspecified atom stereocenters. The predicted molar refractivity (Wildman–Crippen MR) is 118 cm³/mol. The smallest absolute Gasteiger partial charge is 0.190 e. The molecule has 0 aliphatic rings. The molecule has 0 amide bonds. The normalized spacial score (nSPS) is 11.0. The standard InChI is InChI=1S/C18H31N3OS.HI/c1-19-18(21-13-7-9-15-23-2)20-12-6-8-14-22-16-17-10-4-3-5-11-17;/h3-5,10-11H,6-9,12-16H2,1-2H3,(H2,19,20,21);1H. The average Bonchev–Trinajstić information content (AvgIpc) is 2.59. The summed E-state index contributed by atoms with van der Waals surface area (Å²) in [5, 5.41) is 6.70. The number of unbranched alkanes of at least 4 members (excludes halogenated alkanes) is 2. The van der Waals surface area contributed by atoms with Gasteiger partial charge in [0.25, 0.3) is 0 Å². The number of guanidine groups is 1. The third kappa shape index (κ3) is 12.9. The molecule has 2 N–H and O–H groups in total. The molecule has 0 spiro atoms. The van der Waals surface area contributed by atoms with Crippen molar-refractivity contribution in [3.05, 3.63) is 35.9 Å². The molecule has 4 nitrogen and oxygen atoms in total. The first-order valence-electron chi connectivity index (χ1n) is 8.42. The van der Waals surface area contributed by atoms with Crippen LogP contribution in [0.3, 0.4) is 0 Å². The summed E-state index contributed by atoms with van der Waals surface area (Å²) in [4.78, 5) is 4.24. The van der Waals surface area contributed by atoms with Gasteiger partial charge in [-0.1, -0.05) is 30.3 Å². The van der Waals surface area contributed by atoms with E-state index < -0.39 is 0 Å². The van der Waals surface area contributed by atoms with E-state index in [1.807, 2.05) is 37.0 Å². The maximum absolute atomic E-state index is 5.68. The summed E-state index contributed by atoms with van der Waals surface area (Å²) in [6.07, 6.45) is 6.74. The fourth-order valence-corrected chi connectivity index (χ4v) is 2.59. The fourth-order valence-electron chi connectivity index (χ4n) is 2.10. The third-order valence-electron chi connectivity index (χ3n) is 3.41. The van der Waals surface area contributed by atoms with Crippen molar-refractivity contribution in [1.29, 1.82) is 0 Å². The first kappa shape index (κ1) is 23.5. The molecule has 0 atom stereocenters. The lowest BCUT2D eigenvalue weighted by Gasteiger charge is -2.11. The molecule has 24 heavy (non-hydrogen) atoms. The van der Waals surface area contributed by atoms with E-state index >= 15 is 0 Å². The first-order chi connectivity index (χ1) is 11.4. The minimum atomic E-state index is 0. The number of nitrogens with zero attached hydrogens (tertiary/aromatic N) is 1. The van der Waals surface area contributed by atoms with Gasteiger partial charge < -0.3 is 15.4 Å². The number of nitrogens with one attached hydrogen (secondary N) is 2. The molecule has 1 rings (SSSR count). The Morgan fingerprint density at radius 1 is 1.04 bits per heavy atom. The van der Waals surface area contributed by atoms with Gasteiger partial charge in [-0.05, 0) is 43.3 Å². The number of hydrogen-bond donors (Lipinski definition) is 2. The zero-order valence-electron chi connectivity index (χ0n) is 14.9. The van der Waals surface area contributed by atoms with Gasteiger partial charge in [-0.3, -0.25) is 4.99 Å². The lowest BCUT2D eigenvalue weighted by molar-refractivity contribution is 0.117. The number of aliphatic imine (C=N–C) groups is 1. The summed E-state index contributed by atoms with van der Waals surface area (Å²) in [5.74, 6) is 2.14. The topological polar surface area (TPSA) is 45.7 Å². The van der Waals surface area contributed by atoms with E-state index in [4.69, 9.17) is 4.74 Å². The van der Waals surface area contributed by atoms with Crippen molar-refractivity contribution in [2.24, 2.45) is 4.99 Å². The number of rotatable bonds is 12. The van der Waals surface area contributed by atoms with E-state index in [9.17, 15) is 0 Å². The fraction of sp³-hybridized carbons (Fsp3) is 0.611. The highest BCUT2D eigenvalue weighted by atomic mass is 127. The van der Waals surface area contributed by atoms with Gasteiger partial charge in [0.1, 0.15) is 0 Å². The summed E-state index contributed by atoms with van der Waals surface area (Å²) in [5.41, 5.74) is 1.23. The zero-order valence-corrected chi connectivity index (χ0v) is 18.1. The molecule has 0 saturated heterocycles. The average molecular weight is 465 g/mol. The minimum absolute atomic E-state index is 0. The van der Waals surface area contributed by atoms with Gasteiger partial charge in [0, 0.05) is 26.7 Å². The molecular formula is C18H32IN3OS. The highest BCUT2D eigenvalue weighted by Crippen LogP contribution is 2.01. The summed E-state index contributed by atoms with van der Waals surface area (Å²) in [6.45, 7) is 3.42. The molecule has 0 aliphatic heterocycles. The van der Waals surface area contributed by atoms with Crippen LogP contribution in [0.15, 0.2) is 35.3 Å². The molecule has 0 aromatic heterocycles. The second-order valence-electron chi connectivity index (χ2n) is 5.37. The Labute approximate surface area is 168 Å². The molecule has 0 heterocycles. The molecule has 0 aliphatic carbocycles.